The monoisotopic (exact) mass is 320 g/mol. The predicted octanol–water partition coefficient (Wildman–Crippen LogP) is 3.76. The van der Waals surface area contributed by atoms with Gasteiger partial charge in [-0.15, -0.1) is 11.3 Å². The minimum Gasteiger partial charge on any atom is -0.348 e. The predicted molar refractivity (Wildman–Crippen MR) is 88.3 cm³/mol. The Kier molecular flexibility index (Phi) is 5.69. The lowest BCUT2D eigenvalue weighted by Gasteiger charge is -2.25. The summed E-state index contributed by atoms with van der Waals surface area (Å²) < 4.78 is 13.0. The van der Waals surface area contributed by atoms with E-state index in [0.717, 1.165) is 10.4 Å². The number of thiophene rings is 1. The van der Waals surface area contributed by atoms with Gasteiger partial charge < -0.3 is 5.32 Å². The van der Waals surface area contributed by atoms with E-state index in [2.05, 4.69) is 5.32 Å². The summed E-state index contributed by atoms with van der Waals surface area (Å²) in [7, 11) is 1.89. The summed E-state index contributed by atoms with van der Waals surface area (Å²) in [6, 6.07) is 10.4. The Morgan fingerprint density at radius 1 is 1.27 bits per heavy atom. The standard InChI is InChI=1S/C17H21FN2OS/c1-12(16-5-4-10-22-16)19-17(21)11-20(3)13(2)14-6-8-15(18)9-7-14/h4-10,12-13H,11H2,1-3H3,(H,19,21)/t12-,13+/m1/s1. The summed E-state index contributed by atoms with van der Waals surface area (Å²) >= 11 is 1.63. The summed E-state index contributed by atoms with van der Waals surface area (Å²) in [4.78, 5) is 15.2. The second-order valence-corrected chi connectivity index (χ2v) is 6.43. The third kappa shape index (κ3) is 4.39. The molecule has 0 bridgehead atoms. The highest BCUT2D eigenvalue weighted by atomic mass is 32.1. The average molecular weight is 320 g/mol. The first-order valence-corrected chi connectivity index (χ1v) is 8.14. The smallest absolute Gasteiger partial charge is 0.234 e. The van der Waals surface area contributed by atoms with Crippen molar-refractivity contribution in [3.8, 4) is 0 Å². The molecule has 0 unspecified atom stereocenters. The molecule has 0 fully saturated rings. The molecule has 0 aliphatic carbocycles. The fraction of sp³-hybridized carbons (Fsp3) is 0.353. The van der Waals surface area contributed by atoms with Crippen LogP contribution in [0.5, 0.6) is 0 Å². The molecule has 1 aromatic carbocycles. The number of halogens is 1. The van der Waals surface area contributed by atoms with Crippen LogP contribution in [0.15, 0.2) is 41.8 Å². The number of hydrogen-bond donors (Lipinski definition) is 1. The number of rotatable bonds is 6. The van der Waals surface area contributed by atoms with Gasteiger partial charge in [-0.05, 0) is 50.0 Å². The average Bonchev–Trinajstić information content (AvgIpc) is 3.01. The number of carbonyl (C=O) groups excluding carboxylic acids is 1. The number of likely N-dealkylation sites (N-methyl/N-ethyl adjacent to an activating group) is 1. The van der Waals surface area contributed by atoms with E-state index in [1.165, 1.54) is 12.1 Å². The Hall–Kier alpha value is -1.72. The van der Waals surface area contributed by atoms with Gasteiger partial charge in [-0.3, -0.25) is 9.69 Å². The molecule has 22 heavy (non-hydrogen) atoms. The number of nitrogens with one attached hydrogen (secondary N) is 1. The van der Waals surface area contributed by atoms with Gasteiger partial charge in [0.2, 0.25) is 5.91 Å². The molecule has 1 N–H and O–H groups in total. The lowest BCUT2D eigenvalue weighted by atomic mass is 10.1. The van der Waals surface area contributed by atoms with E-state index in [1.54, 1.807) is 23.5 Å². The van der Waals surface area contributed by atoms with Crippen LogP contribution in [0.3, 0.4) is 0 Å². The van der Waals surface area contributed by atoms with Crippen LogP contribution in [-0.2, 0) is 4.79 Å². The Labute approximate surface area is 134 Å². The van der Waals surface area contributed by atoms with Crippen LogP contribution in [-0.4, -0.2) is 24.4 Å². The molecule has 0 radical (unpaired) electrons. The van der Waals surface area contributed by atoms with Crippen molar-refractivity contribution in [3.63, 3.8) is 0 Å². The second kappa shape index (κ2) is 7.51. The van der Waals surface area contributed by atoms with Gasteiger partial charge in [-0.25, -0.2) is 4.39 Å². The van der Waals surface area contributed by atoms with E-state index in [9.17, 15) is 9.18 Å². The fourth-order valence-electron chi connectivity index (χ4n) is 2.26. The summed E-state index contributed by atoms with van der Waals surface area (Å²) in [6.45, 7) is 4.28. The number of amides is 1. The molecular weight excluding hydrogens is 299 g/mol. The molecule has 1 amide bonds. The Morgan fingerprint density at radius 3 is 2.55 bits per heavy atom. The molecular formula is C17H21FN2OS. The van der Waals surface area contributed by atoms with Crippen molar-refractivity contribution in [2.75, 3.05) is 13.6 Å². The highest BCUT2D eigenvalue weighted by Gasteiger charge is 2.17. The van der Waals surface area contributed by atoms with E-state index in [-0.39, 0.29) is 23.8 Å². The third-order valence-corrected chi connectivity index (χ3v) is 4.81. The van der Waals surface area contributed by atoms with Crippen molar-refractivity contribution < 1.29 is 9.18 Å². The summed E-state index contributed by atoms with van der Waals surface area (Å²) in [5.74, 6) is -0.265. The molecule has 1 heterocycles. The molecule has 0 spiro atoms. The normalized spacial score (nSPS) is 13.9. The van der Waals surface area contributed by atoms with Crippen molar-refractivity contribution in [2.45, 2.75) is 25.9 Å². The quantitative estimate of drug-likeness (QED) is 0.879. The summed E-state index contributed by atoms with van der Waals surface area (Å²) in [5.41, 5.74) is 0.989. The SMILES string of the molecule is C[C@@H](NC(=O)CN(C)[C@@H](C)c1ccc(F)cc1)c1cccs1. The number of nitrogens with zero attached hydrogens (tertiary/aromatic N) is 1. The molecule has 2 atom stereocenters. The Bertz CT molecular complexity index is 598. The zero-order valence-corrected chi connectivity index (χ0v) is 13.9. The fourth-order valence-corrected chi connectivity index (χ4v) is 2.99. The zero-order chi connectivity index (χ0) is 16.1. The highest BCUT2D eigenvalue weighted by Crippen LogP contribution is 2.20. The second-order valence-electron chi connectivity index (χ2n) is 5.45. The van der Waals surface area contributed by atoms with E-state index in [1.807, 2.05) is 43.3 Å². The van der Waals surface area contributed by atoms with Crippen LogP contribution in [0.1, 0.15) is 36.4 Å². The molecule has 118 valence electrons. The highest BCUT2D eigenvalue weighted by molar-refractivity contribution is 7.10. The van der Waals surface area contributed by atoms with Gasteiger partial charge in [0, 0.05) is 10.9 Å². The Balaban J connectivity index is 1.89. The Morgan fingerprint density at radius 2 is 1.95 bits per heavy atom. The molecule has 5 heteroatoms. The van der Waals surface area contributed by atoms with Gasteiger partial charge in [0.1, 0.15) is 5.82 Å². The van der Waals surface area contributed by atoms with Crippen LogP contribution in [0.4, 0.5) is 4.39 Å². The lowest BCUT2D eigenvalue weighted by Crippen LogP contribution is -2.37. The molecule has 2 aromatic rings. The van der Waals surface area contributed by atoms with Gasteiger partial charge in [-0.2, -0.15) is 0 Å². The molecule has 0 saturated carbocycles. The van der Waals surface area contributed by atoms with Gasteiger partial charge in [0.15, 0.2) is 0 Å². The maximum Gasteiger partial charge on any atom is 0.234 e. The summed E-state index contributed by atoms with van der Waals surface area (Å²) in [6.07, 6.45) is 0. The zero-order valence-electron chi connectivity index (χ0n) is 13.0. The van der Waals surface area contributed by atoms with Crippen LogP contribution in [0.25, 0.3) is 0 Å². The van der Waals surface area contributed by atoms with Crippen molar-refractivity contribution >= 4 is 17.2 Å². The number of hydrogen-bond acceptors (Lipinski definition) is 3. The van der Waals surface area contributed by atoms with Crippen molar-refractivity contribution in [2.24, 2.45) is 0 Å². The maximum absolute atomic E-state index is 13.0. The van der Waals surface area contributed by atoms with Gasteiger partial charge in [0.25, 0.3) is 0 Å². The van der Waals surface area contributed by atoms with E-state index < -0.39 is 0 Å². The van der Waals surface area contributed by atoms with E-state index in [0.29, 0.717) is 6.54 Å². The molecule has 0 aliphatic heterocycles. The molecule has 0 saturated heterocycles. The first-order valence-electron chi connectivity index (χ1n) is 7.26. The van der Waals surface area contributed by atoms with Crippen molar-refractivity contribution in [1.29, 1.82) is 0 Å². The van der Waals surface area contributed by atoms with Crippen LogP contribution in [0.2, 0.25) is 0 Å². The molecule has 0 aliphatic rings. The van der Waals surface area contributed by atoms with Crippen molar-refractivity contribution in [1.82, 2.24) is 10.2 Å². The maximum atomic E-state index is 13.0. The number of benzene rings is 1. The van der Waals surface area contributed by atoms with Crippen LogP contribution < -0.4 is 5.32 Å². The lowest BCUT2D eigenvalue weighted by molar-refractivity contribution is -0.123. The largest absolute Gasteiger partial charge is 0.348 e. The first kappa shape index (κ1) is 16.6. The van der Waals surface area contributed by atoms with Gasteiger partial charge in [0.05, 0.1) is 12.6 Å². The summed E-state index contributed by atoms with van der Waals surface area (Å²) in [5, 5.41) is 5.00. The van der Waals surface area contributed by atoms with Gasteiger partial charge >= 0.3 is 0 Å². The number of carbonyl (C=O) groups is 1. The minimum absolute atomic E-state index is 0.0158. The minimum atomic E-state index is -0.249. The van der Waals surface area contributed by atoms with E-state index in [4.69, 9.17) is 0 Å². The molecule has 2 rings (SSSR count). The van der Waals surface area contributed by atoms with Crippen molar-refractivity contribution in [3.05, 3.63) is 58.0 Å². The molecule has 1 aromatic heterocycles. The van der Waals surface area contributed by atoms with Crippen LogP contribution in [0, 0.1) is 5.82 Å². The third-order valence-electron chi connectivity index (χ3n) is 3.75. The van der Waals surface area contributed by atoms with E-state index >= 15 is 0 Å². The van der Waals surface area contributed by atoms with Crippen LogP contribution >= 0.6 is 11.3 Å². The first-order chi connectivity index (χ1) is 10.5. The topological polar surface area (TPSA) is 32.3 Å². The van der Waals surface area contributed by atoms with Gasteiger partial charge in [-0.1, -0.05) is 18.2 Å². The molecule has 3 nitrogen and oxygen atoms in total.